The summed E-state index contributed by atoms with van der Waals surface area (Å²) in [6, 6.07) is 7.24. The van der Waals surface area contributed by atoms with Crippen LogP contribution in [0.3, 0.4) is 0 Å². The van der Waals surface area contributed by atoms with Gasteiger partial charge in [0.05, 0.1) is 12.7 Å². The number of esters is 1. The number of aliphatic hydroxyl groups is 1. The number of carbonyl (C=O) groups excluding carboxylic acids is 1. The normalized spacial score (nSPS) is 9.94. The predicted octanol–water partition coefficient (Wildman–Crippen LogP) is 1.29. The van der Waals surface area contributed by atoms with Gasteiger partial charge in [-0.1, -0.05) is 6.07 Å². The average Bonchev–Trinajstić information content (AvgIpc) is 2.35. The first-order chi connectivity index (χ1) is 7.69. The summed E-state index contributed by atoms with van der Waals surface area (Å²) in [5.74, 6) is -0.336. The van der Waals surface area contributed by atoms with Gasteiger partial charge in [0.15, 0.2) is 0 Å². The van der Waals surface area contributed by atoms with Crippen LogP contribution in [0.5, 0.6) is 0 Å². The SMILES string of the molecule is COC(=O)c1cccc(N(C)CCCO)c1. The van der Waals surface area contributed by atoms with Crippen molar-refractivity contribution in [1.82, 2.24) is 0 Å². The van der Waals surface area contributed by atoms with Crippen molar-refractivity contribution in [3.8, 4) is 0 Å². The van der Waals surface area contributed by atoms with Gasteiger partial charge in [-0.25, -0.2) is 4.79 Å². The van der Waals surface area contributed by atoms with E-state index in [-0.39, 0.29) is 12.6 Å². The monoisotopic (exact) mass is 223 g/mol. The number of hydrogen-bond donors (Lipinski definition) is 1. The smallest absolute Gasteiger partial charge is 0.337 e. The van der Waals surface area contributed by atoms with Gasteiger partial charge in [-0.15, -0.1) is 0 Å². The minimum Gasteiger partial charge on any atom is -0.465 e. The minimum atomic E-state index is -0.336. The Balaban J connectivity index is 2.77. The van der Waals surface area contributed by atoms with Gasteiger partial charge in [0, 0.05) is 25.9 Å². The zero-order valence-electron chi connectivity index (χ0n) is 9.64. The summed E-state index contributed by atoms with van der Waals surface area (Å²) in [7, 11) is 3.29. The number of anilines is 1. The third-order valence-corrected chi connectivity index (χ3v) is 2.36. The van der Waals surface area contributed by atoms with Crippen molar-refractivity contribution in [3.63, 3.8) is 0 Å². The second kappa shape index (κ2) is 6.12. The van der Waals surface area contributed by atoms with Crippen molar-refractivity contribution >= 4 is 11.7 Å². The van der Waals surface area contributed by atoms with Gasteiger partial charge in [-0.2, -0.15) is 0 Å². The zero-order valence-corrected chi connectivity index (χ0v) is 9.64. The van der Waals surface area contributed by atoms with Crippen LogP contribution >= 0.6 is 0 Å². The standard InChI is InChI=1S/C12H17NO3/c1-13(7-4-8-14)11-6-3-5-10(9-11)12(15)16-2/h3,5-6,9,14H,4,7-8H2,1-2H3. The predicted molar refractivity (Wildman–Crippen MR) is 62.8 cm³/mol. The summed E-state index contributed by atoms with van der Waals surface area (Å²) >= 11 is 0. The van der Waals surface area contributed by atoms with Crippen molar-refractivity contribution in [2.75, 3.05) is 32.2 Å². The Morgan fingerprint density at radius 1 is 1.50 bits per heavy atom. The van der Waals surface area contributed by atoms with Crippen LogP contribution in [0.1, 0.15) is 16.8 Å². The molecule has 16 heavy (non-hydrogen) atoms. The largest absolute Gasteiger partial charge is 0.465 e. The molecule has 0 bridgehead atoms. The zero-order chi connectivity index (χ0) is 12.0. The molecule has 0 saturated carbocycles. The van der Waals surface area contributed by atoms with Crippen molar-refractivity contribution in [2.45, 2.75) is 6.42 Å². The summed E-state index contributed by atoms with van der Waals surface area (Å²) in [5.41, 5.74) is 1.48. The molecule has 0 atom stereocenters. The van der Waals surface area contributed by atoms with E-state index in [0.29, 0.717) is 12.0 Å². The molecular formula is C12H17NO3. The Morgan fingerprint density at radius 3 is 2.88 bits per heavy atom. The highest BCUT2D eigenvalue weighted by Gasteiger charge is 2.07. The number of hydrogen-bond acceptors (Lipinski definition) is 4. The van der Waals surface area contributed by atoms with E-state index in [1.165, 1.54) is 7.11 Å². The topological polar surface area (TPSA) is 49.8 Å². The molecule has 0 unspecified atom stereocenters. The molecule has 0 aromatic heterocycles. The van der Waals surface area contributed by atoms with Crippen molar-refractivity contribution in [1.29, 1.82) is 0 Å². The van der Waals surface area contributed by atoms with E-state index < -0.39 is 0 Å². The Hall–Kier alpha value is -1.55. The highest BCUT2D eigenvalue weighted by Crippen LogP contribution is 2.15. The number of rotatable bonds is 5. The Morgan fingerprint density at radius 2 is 2.25 bits per heavy atom. The summed E-state index contributed by atoms with van der Waals surface area (Å²) < 4.78 is 4.65. The fourth-order valence-electron chi connectivity index (χ4n) is 1.43. The molecular weight excluding hydrogens is 206 g/mol. The molecule has 0 spiro atoms. The van der Waals surface area contributed by atoms with Gasteiger partial charge in [0.2, 0.25) is 0 Å². The Bertz CT molecular complexity index is 352. The van der Waals surface area contributed by atoms with Crippen LogP contribution in [0.15, 0.2) is 24.3 Å². The van der Waals surface area contributed by atoms with Crippen LogP contribution < -0.4 is 4.90 Å². The number of aliphatic hydroxyl groups excluding tert-OH is 1. The molecule has 88 valence electrons. The molecule has 1 N–H and O–H groups in total. The van der Waals surface area contributed by atoms with Crippen molar-refractivity contribution in [3.05, 3.63) is 29.8 Å². The van der Waals surface area contributed by atoms with Crippen LogP contribution in [0.25, 0.3) is 0 Å². The first kappa shape index (κ1) is 12.5. The van der Waals surface area contributed by atoms with Crippen LogP contribution in [0.2, 0.25) is 0 Å². The lowest BCUT2D eigenvalue weighted by molar-refractivity contribution is 0.0601. The van der Waals surface area contributed by atoms with E-state index in [9.17, 15) is 4.79 Å². The molecule has 1 aromatic rings. The molecule has 1 aromatic carbocycles. The maximum atomic E-state index is 11.3. The maximum Gasteiger partial charge on any atom is 0.337 e. The first-order valence-corrected chi connectivity index (χ1v) is 5.19. The van der Waals surface area contributed by atoms with Crippen LogP contribution in [0, 0.1) is 0 Å². The van der Waals surface area contributed by atoms with E-state index in [1.54, 1.807) is 12.1 Å². The number of ether oxygens (including phenoxy) is 1. The molecule has 0 heterocycles. The van der Waals surface area contributed by atoms with Crippen molar-refractivity contribution < 1.29 is 14.6 Å². The maximum absolute atomic E-state index is 11.3. The van der Waals surface area contributed by atoms with Gasteiger partial charge in [0.25, 0.3) is 0 Å². The van der Waals surface area contributed by atoms with Crippen LogP contribution in [-0.2, 0) is 4.74 Å². The van der Waals surface area contributed by atoms with E-state index in [1.807, 2.05) is 24.1 Å². The van der Waals surface area contributed by atoms with E-state index in [4.69, 9.17) is 5.11 Å². The molecule has 0 aliphatic carbocycles. The molecule has 0 aliphatic heterocycles. The van der Waals surface area contributed by atoms with E-state index in [0.717, 1.165) is 12.2 Å². The fraction of sp³-hybridized carbons (Fsp3) is 0.417. The number of benzene rings is 1. The molecule has 1 rings (SSSR count). The fourth-order valence-corrected chi connectivity index (χ4v) is 1.43. The van der Waals surface area contributed by atoms with Crippen LogP contribution in [-0.4, -0.2) is 38.4 Å². The second-order valence-corrected chi connectivity index (χ2v) is 3.54. The lowest BCUT2D eigenvalue weighted by atomic mass is 10.2. The highest BCUT2D eigenvalue weighted by atomic mass is 16.5. The molecule has 4 nitrogen and oxygen atoms in total. The molecule has 0 amide bonds. The van der Waals surface area contributed by atoms with Gasteiger partial charge in [0.1, 0.15) is 0 Å². The van der Waals surface area contributed by atoms with Crippen LogP contribution in [0.4, 0.5) is 5.69 Å². The number of methoxy groups -OCH3 is 1. The second-order valence-electron chi connectivity index (χ2n) is 3.54. The highest BCUT2D eigenvalue weighted by molar-refractivity contribution is 5.90. The van der Waals surface area contributed by atoms with Gasteiger partial charge >= 0.3 is 5.97 Å². The number of nitrogens with zero attached hydrogens (tertiary/aromatic N) is 1. The van der Waals surface area contributed by atoms with Gasteiger partial charge in [-0.3, -0.25) is 0 Å². The summed E-state index contributed by atoms with van der Waals surface area (Å²) in [4.78, 5) is 13.3. The first-order valence-electron chi connectivity index (χ1n) is 5.19. The third-order valence-electron chi connectivity index (χ3n) is 2.36. The summed E-state index contributed by atoms with van der Waals surface area (Å²) in [6.45, 7) is 0.919. The molecule has 0 saturated heterocycles. The third kappa shape index (κ3) is 3.24. The Labute approximate surface area is 95.5 Å². The molecule has 0 aliphatic rings. The minimum absolute atomic E-state index is 0.168. The van der Waals surface area contributed by atoms with E-state index in [2.05, 4.69) is 4.74 Å². The van der Waals surface area contributed by atoms with E-state index >= 15 is 0 Å². The quantitative estimate of drug-likeness (QED) is 0.764. The summed E-state index contributed by atoms with van der Waals surface area (Å²) in [6.07, 6.45) is 0.707. The van der Waals surface area contributed by atoms with Gasteiger partial charge < -0.3 is 14.7 Å². The van der Waals surface area contributed by atoms with Gasteiger partial charge in [-0.05, 0) is 24.6 Å². The molecule has 4 heteroatoms. The summed E-state index contributed by atoms with van der Waals surface area (Å²) in [5, 5.41) is 8.74. The molecule has 0 fully saturated rings. The lowest BCUT2D eigenvalue weighted by Gasteiger charge is -2.19. The lowest BCUT2D eigenvalue weighted by Crippen LogP contribution is -2.19. The molecule has 0 radical (unpaired) electrons. The number of carbonyl (C=O) groups is 1. The van der Waals surface area contributed by atoms with Crippen molar-refractivity contribution in [2.24, 2.45) is 0 Å². The average molecular weight is 223 g/mol. The Kier molecular flexibility index (Phi) is 4.79.